The van der Waals surface area contributed by atoms with Gasteiger partial charge in [-0.3, -0.25) is 0 Å². The molecule has 0 aliphatic heterocycles. The van der Waals surface area contributed by atoms with Gasteiger partial charge in [0.25, 0.3) is 0 Å². The van der Waals surface area contributed by atoms with Crippen molar-refractivity contribution in [1.29, 1.82) is 0 Å². The Bertz CT molecular complexity index is 197. The van der Waals surface area contributed by atoms with Crippen molar-refractivity contribution in [2.24, 2.45) is 17.8 Å². The summed E-state index contributed by atoms with van der Waals surface area (Å²) in [7, 11) is 1.94. The van der Waals surface area contributed by atoms with Crippen molar-refractivity contribution in [3.05, 3.63) is 0 Å². The quantitative estimate of drug-likeness (QED) is 0.602. The monoisotopic (exact) mass is 180 g/mol. The maximum absolute atomic E-state index is 5.83. The molecule has 0 radical (unpaired) electrons. The molecule has 0 aromatic rings. The van der Waals surface area contributed by atoms with Gasteiger partial charge in [-0.2, -0.15) is 0 Å². The second-order valence-electron chi connectivity index (χ2n) is 5.64. The van der Waals surface area contributed by atoms with E-state index in [1.54, 1.807) is 0 Å². The van der Waals surface area contributed by atoms with Crippen LogP contribution in [0, 0.1) is 17.8 Å². The summed E-state index contributed by atoms with van der Waals surface area (Å²) in [6, 6.07) is 0. The van der Waals surface area contributed by atoms with Crippen LogP contribution in [0.15, 0.2) is 0 Å². The third-order valence-electron chi connectivity index (χ3n) is 4.76. The summed E-state index contributed by atoms with van der Waals surface area (Å²) in [4.78, 5) is 0. The molecule has 0 aromatic heterocycles. The van der Waals surface area contributed by atoms with Gasteiger partial charge in [0.2, 0.25) is 0 Å². The molecule has 1 nitrogen and oxygen atoms in total. The SMILES string of the molecule is COC12CCC3C[C@H](C[C@H](C3)C1)C2. The molecule has 4 fully saturated rings. The third kappa shape index (κ3) is 1.24. The van der Waals surface area contributed by atoms with E-state index in [2.05, 4.69) is 0 Å². The Morgan fingerprint density at radius 3 is 2.23 bits per heavy atom. The number of hydrogen-bond donors (Lipinski definition) is 0. The standard InChI is InChI=1S/C12H20O/c1-13-12-3-2-9-4-10(7-12)6-11(5-9)8-12/h9-11H,2-8H2,1H3/t9?,10-,11+,12?. The smallest absolute Gasteiger partial charge is 0.0684 e. The highest BCUT2D eigenvalue weighted by molar-refractivity contribution is 4.99. The van der Waals surface area contributed by atoms with Crippen molar-refractivity contribution in [3.63, 3.8) is 0 Å². The largest absolute Gasteiger partial charge is 0.378 e. The molecule has 4 aliphatic rings. The Hall–Kier alpha value is -0.0400. The van der Waals surface area contributed by atoms with Crippen molar-refractivity contribution in [1.82, 2.24) is 0 Å². The first-order chi connectivity index (χ1) is 6.30. The van der Waals surface area contributed by atoms with E-state index >= 15 is 0 Å². The van der Waals surface area contributed by atoms with Gasteiger partial charge >= 0.3 is 0 Å². The minimum Gasteiger partial charge on any atom is -0.378 e. The zero-order valence-corrected chi connectivity index (χ0v) is 8.59. The van der Waals surface area contributed by atoms with Crippen LogP contribution in [0.5, 0.6) is 0 Å². The molecular weight excluding hydrogens is 160 g/mol. The van der Waals surface area contributed by atoms with E-state index in [1.807, 2.05) is 7.11 Å². The number of hydrogen-bond acceptors (Lipinski definition) is 1. The van der Waals surface area contributed by atoms with E-state index in [1.165, 1.54) is 44.9 Å². The highest BCUT2D eigenvalue weighted by atomic mass is 16.5. The second kappa shape index (κ2) is 2.73. The maximum Gasteiger partial charge on any atom is 0.0684 e. The fraction of sp³-hybridized carbons (Fsp3) is 1.00. The van der Waals surface area contributed by atoms with Crippen LogP contribution < -0.4 is 0 Å². The first kappa shape index (κ1) is 8.28. The number of fused-ring (bicyclic) bond motifs is 1. The zero-order chi connectivity index (χ0) is 8.89. The first-order valence-electron chi connectivity index (χ1n) is 5.85. The van der Waals surface area contributed by atoms with E-state index in [0.29, 0.717) is 5.60 Å². The van der Waals surface area contributed by atoms with E-state index in [4.69, 9.17) is 4.74 Å². The van der Waals surface area contributed by atoms with Crippen LogP contribution in [-0.4, -0.2) is 12.7 Å². The molecule has 4 aliphatic carbocycles. The van der Waals surface area contributed by atoms with Gasteiger partial charge in [-0.25, -0.2) is 0 Å². The summed E-state index contributed by atoms with van der Waals surface area (Å²) in [5.74, 6) is 3.09. The van der Waals surface area contributed by atoms with Crippen molar-refractivity contribution in [2.75, 3.05) is 7.11 Å². The lowest BCUT2D eigenvalue weighted by Crippen LogP contribution is -2.40. The van der Waals surface area contributed by atoms with Gasteiger partial charge in [-0.15, -0.1) is 0 Å². The highest BCUT2D eigenvalue weighted by Crippen LogP contribution is 2.54. The molecule has 0 heterocycles. The van der Waals surface area contributed by atoms with Crippen LogP contribution in [0.2, 0.25) is 0 Å². The number of ether oxygens (including phenoxy) is 1. The van der Waals surface area contributed by atoms with Crippen LogP contribution in [0.1, 0.15) is 44.9 Å². The van der Waals surface area contributed by atoms with Crippen molar-refractivity contribution in [3.8, 4) is 0 Å². The molecular formula is C12H20O. The minimum atomic E-state index is 0.318. The van der Waals surface area contributed by atoms with Crippen LogP contribution in [0.4, 0.5) is 0 Å². The lowest BCUT2D eigenvalue weighted by Gasteiger charge is -2.44. The molecule has 13 heavy (non-hydrogen) atoms. The van der Waals surface area contributed by atoms with Gasteiger partial charge in [0.1, 0.15) is 0 Å². The number of rotatable bonds is 1. The lowest BCUT2D eigenvalue weighted by atomic mass is 9.66. The van der Waals surface area contributed by atoms with Crippen LogP contribution in [0.25, 0.3) is 0 Å². The predicted molar refractivity (Wildman–Crippen MR) is 52.5 cm³/mol. The fourth-order valence-corrected chi connectivity index (χ4v) is 4.35. The lowest BCUT2D eigenvalue weighted by molar-refractivity contribution is -0.0738. The van der Waals surface area contributed by atoms with Gasteiger partial charge in [0, 0.05) is 7.11 Å². The summed E-state index contributed by atoms with van der Waals surface area (Å²) in [5, 5.41) is 0. The average molecular weight is 180 g/mol. The van der Waals surface area contributed by atoms with Crippen LogP contribution >= 0.6 is 0 Å². The van der Waals surface area contributed by atoms with Crippen LogP contribution in [-0.2, 0) is 4.74 Å². The summed E-state index contributed by atoms with van der Waals surface area (Å²) in [5.41, 5.74) is 0.318. The van der Waals surface area contributed by atoms with Crippen molar-refractivity contribution < 1.29 is 4.74 Å². The number of methoxy groups -OCH3 is 1. The molecule has 0 N–H and O–H groups in total. The minimum absolute atomic E-state index is 0.318. The summed E-state index contributed by atoms with van der Waals surface area (Å²) >= 11 is 0. The van der Waals surface area contributed by atoms with Crippen molar-refractivity contribution >= 4 is 0 Å². The zero-order valence-electron chi connectivity index (χ0n) is 8.59. The first-order valence-corrected chi connectivity index (χ1v) is 5.85. The molecule has 0 aromatic carbocycles. The molecule has 4 bridgehead atoms. The molecule has 2 unspecified atom stereocenters. The fourth-order valence-electron chi connectivity index (χ4n) is 4.35. The summed E-state index contributed by atoms with van der Waals surface area (Å²) < 4.78 is 5.83. The van der Waals surface area contributed by atoms with E-state index in [9.17, 15) is 0 Å². The summed E-state index contributed by atoms with van der Waals surface area (Å²) in [6.45, 7) is 0. The van der Waals surface area contributed by atoms with E-state index in [0.717, 1.165) is 17.8 Å². The van der Waals surface area contributed by atoms with E-state index < -0.39 is 0 Å². The van der Waals surface area contributed by atoms with Gasteiger partial charge in [-0.1, -0.05) is 0 Å². The second-order valence-corrected chi connectivity index (χ2v) is 5.64. The molecule has 1 heteroatoms. The Morgan fingerprint density at radius 1 is 1.00 bits per heavy atom. The Labute approximate surface area is 80.8 Å². The van der Waals surface area contributed by atoms with Gasteiger partial charge in [0.05, 0.1) is 5.60 Å². The van der Waals surface area contributed by atoms with Crippen molar-refractivity contribution in [2.45, 2.75) is 50.5 Å². The maximum atomic E-state index is 5.83. The predicted octanol–water partition coefficient (Wildman–Crippen LogP) is 2.99. The van der Waals surface area contributed by atoms with Crippen LogP contribution in [0.3, 0.4) is 0 Å². The Balaban J connectivity index is 1.92. The molecule has 0 spiro atoms. The Kier molecular flexibility index (Phi) is 1.74. The molecule has 4 atom stereocenters. The van der Waals surface area contributed by atoms with E-state index in [-0.39, 0.29) is 0 Å². The molecule has 4 saturated carbocycles. The van der Waals surface area contributed by atoms with Gasteiger partial charge in [-0.05, 0) is 62.7 Å². The third-order valence-corrected chi connectivity index (χ3v) is 4.76. The Morgan fingerprint density at radius 2 is 1.62 bits per heavy atom. The normalized spacial score (nSPS) is 53.8. The topological polar surface area (TPSA) is 9.23 Å². The van der Waals surface area contributed by atoms with Gasteiger partial charge < -0.3 is 4.74 Å². The molecule has 74 valence electrons. The average Bonchev–Trinajstić information content (AvgIpc) is 2.32. The summed E-state index contributed by atoms with van der Waals surface area (Å²) in [6.07, 6.45) is 10.1. The van der Waals surface area contributed by atoms with Gasteiger partial charge in [0.15, 0.2) is 0 Å². The molecule has 0 amide bonds. The highest BCUT2D eigenvalue weighted by Gasteiger charge is 2.47. The molecule has 4 rings (SSSR count). The molecule has 0 saturated heterocycles.